The molecule has 0 amide bonds. The summed E-state index contributed by atoms with van der Waals surface area (Å²) in [6, 6.07) is 8.24. The van der Waals surface area contributed by atoms with Crippen LogP contribution >= 0.6 is 0 Å². The minimum Gasteiger partial charge on any atom is -0.476 e. The predicted octanol–water partition coefficient (Wildman–Crippen LogP) is 2.31. The molecule has 0 atom stereocenters. The Morgan fingerprint density at radius 3 is 2.48 bits per heavy atom. The number of aryl methyl sites for hydroxylation is 1. The van der Waals surface area contributed by atoms with E-state index in [2.05, 4.69) is 9.84 Å². The lowest BCUT2D eigenvalue weighted by molar-refractivity contribution is 0.0600. The normalized spacial score (nSPS) is 10.4. The van der Waals surface area contributed by atoms with E-state index in [4.69, 9.17) is 5.11 Å². The van der Waals surface area contributed by atoms with E-state index >= 15 is 0 Å². The summed E-state index contributed by atoms with van der Waals surface area (Å²) in [5.74, 6) is -1.47. The number of nitrogens with zero attached hydrogens (tertiary/aromatic N) is 2. The third-order valence-corrected chi connectivity index (χ3v) is 3.04. The molecule has 0 aliphatic heterocycles. The second-order valence-electron chi connectivity index (χ2n) is 4.53. The molecule has 1 N–H and O–H groups in total. The molecule has 2 aromatic rings. The number of carbonyl (C=O) groups is 2. The Kier molecular flexibility index (Phi) is 4.37. The number of benzene rings is 1. The highest BCUT2D eigenvalue weighted by molar-refractivity contribution is 5.89. The Labute approximate surface area is 122 Å². The largest absolute Gasteiger partial charge is 0.476 e. The molecule has 0 saturated heterocycles. The molecular weight excluding hydrogens is 272 g/mol. The zero-order valence-electron chi connectivity index (χ0n) is 11.9. The van der Waals surface area contributed by atoms with Gasteiger partial charge in [0.1, 0.15) is 0 Å². The molecule has 6 nitrogen and oxygen atoms in total. The van der Waals surface area contributed by atoms with Gasteiger partial charge >= 0.3 is 11.9 Å². The van der Waals surface area contributed by atoms with E-state index in [0.717, 1.165) is 18.5 Å². The number of esters is 1. The average molecular weight is 288 g/mol. The molecule has 0 radical (unpaired) electrons. The van der Waals surface area contributed by atoms with Crippen molar-refractivity contribution in [1.29, 1.82) is 0 Å². The van der Waals surface area contributed by atoms with Gasteiger partial charge in [-0.3, -0.25) is 0 Å². The van der Waals surface area contributed by atoms with Gasteiger partial charge < -0.3 is 9.84 Å². The number of hydrogen-bond acceptors (Lipinski definition) is 4. The van der Waals surface area contributed by atoms with E-state index in [-0.39, 0.29) is 5.69 Å². The lowest BCUT2D eigenvalue weighted by atomic mass is 10.2. The highest BCUT2D eigenvalue weighted by Crippen LogP contribution is 2.16. The van der Waals surface area contributed by atoms with Crippen LogP contribution in [0.25, 0.3) is 5.69 Å². The first-order valence-corrected chi connectivity index (χ1v) is 6.57. The standard InChI is InChI=1S/C15H16N2O4/c1-3-4-12-9-13(14(18)19)16-17(12)11-7-5-10(6-8-11)15(20)21-2/h5-9H,3-4H2,1-2H3,(H,18,19). The van der Waals surface area contributed by atoms with Crippen molar-refractivity contribution in [3.63, 3.8) is 0 Å². The van der Waals surface area contributed by atoms with Gasteiger partial charge in [-0.1, -0.05) is 13.3 Å². The van der Waals surface area contributed by atoms with Gasteiger partial charge in [0.25, 0.3) is 0 Å². The van der Waals surface area contributed by atoms with Gasteiger partial charge in [-0.15, -0.1) is 0 Å². The second-order valence-corrected chi connectivity index (χ2v) is 4.53. The Morgan fingerprint density at radius 1 is 1.29 bits per heavy atom. The van der Waals surface area contributed by atoms with Crippen LogP contribution in [0.5, 0.6) is 0 Å². The van der Waals surface area contributed by atoms with Crippen molar-refractivity contribution in [3.8, 4) is 5.69 Å². The fourth-order valence-corrected chi connectivity index (χ4v) is 2.04. The Hall–Kier alpha value is -2.63. The van der Waals surface area contributed by atoms with Gasteiger partial charge in [-0.25, -0.2) is 14.3 Å². The van der Waals surface area contributed by atoms with Gasteiger partial charge in [-0.2, -0.15) is 5.10 Å². The first-order chi connectivity index (χ1) is 10.1. The first-order valence-electron chi connectivity index (χ1n) is 6.57. The monoisotopic (exact) mass is 288 g/mol. The van der Waals surface area contributed by atoms with Crippen molar-refractivity contribution in [2.75, 3.05) is 7.11 Å². The molecular formula is C15H16N2O4. The minimum absolute atomic E-state index is 0.00972. The van der Waals surface area contributed by atoms with Crippen LogP contribution in [-0.2, 0) is 11.2 Å². The molecule has 0 aliphatic rings. The number of carboxylic acid groups (broad SMARTS) is 1. The maximum Gasteiger partial charge on any atom is 0.356 e. The molecule has 0 spiro atoms. The van der Waals surface area contributed by atoms with Gasteiger partial charge in [-0.05, 0) is 36.8 Å². The number of aromatic carboxylic acids is 1. The first kappa shape index (κ1) is 14.8. The van der Waals surface area contributed by atoms with Crippen LogP contribution in [0.3, 0.4) is 0 Å². The van der Waals surface area contributed by atoms with Crippen LogP contribution in [0.15, 0.2) is 30.3 Å². The van der Waals surface area contributed by atoms with Crippen molar-refractivity contribution in [1.82, 2.24) is 9.78 Å². The lowest BCUT2D eigenvalue weighted by Crippen LogP contribution is -2.05. The highest BCUT2D eigenvalue weighted by Gasteiger charge is 2.14. The zero-order valence-corrected chi connectivity index (χ0v) is 11.9. The summed E-state index contributed by atoms with van der Waals surface area (Å²) in [5, 5.41) is 13.1. The molecule has 0 fully saturated rings. The predicted molar refractivity (Wildman–Crippen MR) is 75.9 cm³/mol. The van der Waals surface area contributed by atoms with Crippen LogP contribution in [0.4, 0.5) is 0 Å². The molecule has 1 heterocycles. The molecule has 0 saturated carbocycles. The number of ether oxygens (including phenoxy) is 1. The molecule has 1 aromatic heterocycles. The third kappa shape index (κ3) is 3.10. The van der Waals surface area contributed by atoms with Crippen LogP contribution < -0.4 is 0 Å². The maximum atomic E-state index is 11.4. The fourth-order valence-electron chi connectivity index (χ4n) is 2.04. The number of methoxy groups -OCH3 is 1. The van der Waals surface area contributed by atoms with E-state index in [9.17, 15) is 9.59 Å². The quantitative estimate of drug-likeness (QED) is 0.854. The summed E-state index contributed by atoms with van der Waals surface area (Å²) in [4.78, 5) is 22.4. The van der Waals surface area contributed by atoms with Crippen LogP contribution in [0.1, 0.15) is 39.9 Å². The van der Waals surface area contributed by atoms with Crippen LogP contribution in [0.2, 0.25) is 0 Å². The van der Waals surface area contributed by atoms with Gasteiger partial charge in [0, 0.05) is 5.69 Å². The molecule has 1 aromatic carbocycles. The molecule has 2 rings (SSSR count). The van der Waals surface area contributed by atoms with E-state index in [1.807, 2.05) is 6.92 Å². The van der Waals surface area contributed by atoms with E-state index in [1.165, 1.54) is 7.11 Å². The number of aromatic nitrogens is 2. The molecule has 110 valence electrons. The Morgan fingerprint density at radius 2 is 1.95 bits per heavy atom. The third-order valence-electron chi connectivity index (χ3n) is 3.04. The highest BCUT2D eigenvalue weighted by atomic mass is 16.5. The van der Waals surface area contributed by atoms with Crippen LogP contribution in [-0.4, -0.2) is 33.9 Å². The Balaban J connectivity index is 2.40. The number of carbonyl (C=O) groups excluding carboxylic acids is 1. The van der Waals surface area contributed by atoms with Gasteiger partial charge in [0.05, 0.1) is 18.4 Å². The molecule has 0 aliphatic carbocycles. The summed E-state index contributed by atoms with van der Waals surface area (Å²) >= 11 is 0. The molecule has 0 unspecified atom stereocenters. The molecule has 6 heteroatoms. The lowest BCUT2D eigenvalue weighted by Gasteiger charge is -2.07. The number of carboxylic acids is 1. The molecule has 21 heavy (non-hydrogen) atoms. The van der Waals surface area contributed by atoms with Crippen molar-refractivity contribution in [2.45, 2.75) is 19.8 Å². The summed E-state index contributed by atoms with van der Waals surface area (Å²) in [5.41, 5.74) is 1.97. The van der Waals surface area contributed by atoms with Gasteiger partial charge in [0.2, 0.25) is 0 Å². The topological polar surface area (TPSA) is 81.4 Å². The SMILES string of the molecule is CCCc1cc(C(=O)O)nn1-c1ccc(C(=O)OC)cc1. The summed E-state index contributed by atoms with van der Waals surface area (Å²) < 4.78 is 6.23. The smallest absolute Gasteiger partial charge is 0.356 e. The average Bonchev–Trinajstić information content (AvgIpc) is 2.91. The number of hydrogen-bond donors (Lipinski definition) is 1. The van der Waals surface area contributed by atoms with Crippen molar-refractivity contribution >= 4 is 11.9 Å². The minimum atomic E-state index is -1.06. The van der Waals surface area contributed by atoms with Crippen molar-refractivity contribution in [2.24, 2.45) is 0 Å². The van der Waals surface area contributed by atoms with E-state index in [0.29, 0.717) is 11.3 Å². The molecule has 0 bridgehead atoms. The summed E-state index contributed by atoms with van der Waals surface area (Å²) in [6.45, 7) is 2.01. The van der Waals surface area contributed by atoms with E-state index in [1.54, 1.807) is 35.0 Å². The fraction of sp³-hybridized carbons (Fsp3) is 0.267. The summed E-state index contributed by atoms with van der Waals surface area (Å²) in [6.07, 6.45) is 1.60. The second kappa shape index (κ2) is 6.21. The summed E-state index contributed by atoms with van der Waals surface area (Å²) in [7, 11) is 1.32. The van der Waals surface area contributed by atoms with Crippen LogP contribution in [0, 0.1) is 0 Å². The van der Waals surface area contributed by atoms with Gasteiger partial charge in [0.15, 0.2) is 5.69 Å². The maximum absolute atomic E-state index is 11.4. The zero-order chi connectivity index (χ0) is 15.4. The van der Waals surface area contributed by atoms with E-state index < -0.39 is 11.9 Å². The Bertz CT molecular complexity index is 659. The van der Waals surface area contributed by atoms with Crippen molar-refractivity contribution < 1.29 is 19.4 Å². The number of rotatable bonds is 5. The van der Waals surface area contributed by atoms with Crippen molar-refractivity contribution in [3.05, 3.63) is 47.3 Å².